The smallest absolute Gasteiger partial charge is 0.257 e. The summed E-state index contributed by atoms with van der Waals surface area (Å²) in [6, 6.07) is 14.4. The fourth-order valence-electron chi connectivity index (χ4n) is 2.54. The van der Waals surface area contributed by atoms with E-state index < -0.39 is 0 Å². The summed E-state index contributed by atoms with van der Waals surface area (Å²) < 4.78 is 0. The Balaban J connectivity index is 1.88. The maximum Gasteiger partial charge on any atom is 0.257 e. The first-order valence-electron chi connectivity index (χ1n) is 9.51. The van der Waals surface area contributed by atoms with Crippen LogP contribution in [0.15, 0.2) is 48.5 Å². The van der Waals surface area contributed by atoms with Gasteiger partial charge >= 0.3 is 0 Å². The Hall–Kier alpha value is -2.73. The third-order valence-corrected chi connectivity index (χ3v) is 4.49. The lowest BCUT2D eigenvalue weighted by Crippen LogP contribution is -2.34. The number of hydrogen-bond acceptors (Lipinski definition) is 3. The van der Waals surface area contributed by atoms with E-state index in [-0.39, 0.29) is 16.9 Å². The van der Waals surface area contributed by atoms with Crippen molar-refractivity contribution in [3.63, 3.8) is 0 Å². The largest absolute Gasteiger partial charge is 0.352 e. The molecule has 0 aliphatic heterocycles. The van der Waals surface area contributed by atoms with Crippen molar-refractivity contribution < 1.29 is 9.59 Å². The average molecular weight is 398 g/mol. The Labute approximate surface area is 171 Å². The van der Waals surface area contributed by atoms with Crippen LogP contribution in [-0.2, 0) is 0 Å². The van der Waals surface area contributed by atoms with Crippen LogP contribution < -0.4 is 16.0 Å². The fraction of sp³-hybridized carbons (Fsp3) is 0.318. The van der Waals surface area contributed by atoms with Crippen LogP contribution in [0.2, 0.25) is 0 Å². The SMILES string of the molecule is CCCCNC(=O)c1ccc(NC(=S)NC(=O)c2ccc(C(C)C)cc2)cc1. The Bertz CT molecular complexity index is 815. The molecule has 0 heterocycles. The molecule has 3 N–H and O–H groups in total. The highest BCUT2D eigenvalue weighted by molar-refractivity contribution is 7.80. The van der Waals surface area contributed by atoms with Gasteiger partial charge in [-0.15, -0.1) is 0 Å². The molecule has 2 aromatic carbocycles. The lowest BCUT2D eigenvalue weighted by atomic mass is 10.0. The molecule has 0 saturated heterocycles. The normalized spacial score (nSPS) is 10.4. The van der Waals surface area contributed by atoms with Crippen molar-refractivity contribution >= 4 is 34.8 Å². The molecule has 28 heavy (non-hydrogen) atoms. The first-order chi connectivity index (χ1) is 13.4. The molecule has 0 radical (unpaired) electrons. The number of nitrogens with one attached hydrogen (secondary N) is 3. The maximum atomic E-state index is 12.3. The van der Waals surface area contributed by atoms with E-state index in [0.29, 0.717) is 29.3 Å². The van der Waals surface area contributed by atoms with E-state index in [1.165, 1.54) is 5.56 Å². The lowest BCUT2D eigenvalue weighted by Gasteiger charge is -2.11. The molecule has 0 unspecified atom stereocenters. The summed E-state index contributed by atoms with van der Waals surface area (Å²) in [7, 11) is 0. The molecule has 2 rings (SSSR count). The molecule has 0 aliphatic rings. The number of rotatable bonds is 7. The summed E-state index contributed by atoms with van der Waals surface area (Å²) in [6.45, 7) is 6.96. The van der Waals surface area contributed by atoms with Crippen LogP contribution in [-0.4, -0.2) is 23.5 Å². The Morgan fingerprint density at radius 2 is 1.50 bits per heavy atom. The minimum absolute atomic E-state index is 0.0966. The van der Waals surface area contributed by atoms with E-state index in [0.717, 1.165) is 12.8 Å². The zero-order valence-electron chi connectivity index (χ0n) is 16.5. The second-order valence-corrected chi connectivity index (χ2v) is 7.28. The Morgan fingerprint density at radius 3 is 2.07 bits per heavy atom. The topological polar surface area (TPSA) is 70.2 Å². The second kappa shape index (κ2) is 10.6. The van der Waals surface area contributed by atoms with E-state index in [1.54, 1.807) is 36.4 Å². The average Bonchev–Trinajstić information content (AvgIpc) is 2.68. The van der Waals surface area contributed by atoms with Crippen molar-refractivity contribution in [2.45, 2.75) is 39.5 Å². The number of carbonyl (C=O) groups is 2. The molecular weight excluding hydrogens is 370 g/mol. The van der Waals surface area contributed by atoms with Crippen molar-refractivity contribution in [2.24, 2.45) is 0 Å². The van der Waals surface area contributed by atoms with Crippen molar-refractivity contribution in [1.82, 2.24) is 10.6 Å². The molecule has 0 atom stereocenters. The summed E-state index contributed by atoms with van der Waals surface area (Å²) in [5.41, 5.74) is 3.01. The molecule has 6 heteroatoms. The highest BCUT2D eigenvalue weighted by Crippen LogP contribution is 2.15. The number of carbonyl (C=O) groups excluding carboxylic acids is 2. The van der Waals surface area contributed by atoms with Crippen LogP contribution in [0.3, 0.4) is 0 Å². The molecular formula is C22H27N3O2S. The molecule has 2 amide bonds. The van der Waals surface area contributed by atoms with Crippen molar-refractivity contribution in [3.05, 3.63) is 65.2 Å². The van der Waals surface area contributed by atoms with Gasteiger partial charge in [-0.1, -0.05) is 39.3 Å². The van der Waals surface area contributed by atoms with Crippen molar-refractivity contribution in [2.75, 3.05) is 11.9 Å². The number of thiocarbonyl (C=S) groups is 1. The second-order valence-electron chi connectivity index (χ2n) is 6.87. The predicted octanol–water partition coefficient (Wildman–Crippen LogP) is 4.47. The number of unbranched alkanes of at least 4 members (excludes halogenated alkanes) is 1. The molecule has 0 bridgehead atoms. The van der Waals surface area contributed by atoms with Crippen LogP contribution in [0.4, 0.5) is 5.69 Å². The standard InChI is InChI=1S/C22H27N3O2S/c1-4-5-14-23-20(26)17-10-12-19(13-11-17)24-22(28)25-21(27)18-8-6-16(7-9-18)15(2)3/h6-13,15H,4-5,14H2,1-3H3,(H,23,26)(H2,24,25,27,28). The molecule has 0 spiro atoms. The van der Waals surface area contributed by atoms with Crippen LogP contribution in [0.5, 0.6) is 0 Å². The zero-order valence-corrected chi connectivity index (χ0v) is 17.4. The summed E-state index contributed by atoms with van der Waals surface area (Å²) >= 11 is 5.21. The summed E-state index contributed by atoms with van der Waals surface area (Å²) in [4.78, 5) is 24.3. The van der Waals surface area contributed by atoms with Gasteiger partial charge in [0.25, 0.3) is 11.8 Å². The van der Waals surface area contributed by atoms with Gasteiger partial charge in [0.1, 0.15) is 0 Å². The van der Waals surface area contributed by atoms with Crippen LogP contribution in [0.1, 0.15) is 65.8 Å². The highest BCUT2D eigenvalue weighted by Gasteiger charge is 2.09. The van der Waals surface area contributed by atoms with Crippen LogP contribution in [0.25, 0.3) is 0 Å². The van der Waals surface area contributed by atoms with Crippen LogP contribution in [0, 0.1) is 0 Å². The molecule has 0 saturated carbocycles. The van der Waals surface area contributed by atoms with E-state index in [4.69, 9.17) is 12.2 Å². The molecule has 148 valence electrons. The lowest BCUT2D eigenvalue weighted by molar-refractivity contribution is 0.0950. The fourth-order valence-corrected chi connectivity index (χ4v) is 2.75. The van der Waals surface area contributed by atoms with Crippen molar-refractivity contribution in [1.29, 1.82) is 0 Å². The zero-order chi connectivity index (χ0) is 20.5. The predicted molar refractivity (Wildman–Crippen MR) is 118 cm³/mol. The van der Waals surface area contributed by atoms with Gasteiger partial charge in [-0.3, -0.25) is 14.9 Å². The number of hydrogen-bond donors (Lipinski definition) is 3. The van der Waals surface area contributed by atoms with Gasteiger partial charge in [0, 0.05) is 23.4 Å². The molecule has 5 nitrogen and oxygen atoms in total. The minimum Gasteiger partial charge on any atom is -0.352 e. The first-order valence-corrected chi connectivity index (χ1v) is 9.92. The summed E-state index contributed by atoms with van der Waals surface area (Å²) in [6.07, 6.45) is 1.99. The van der Waals surface area contributed by atoms with Gasteiger partial charge in [-0.05, 0) is 66.5 Å². The number of amides is 2. The van der Waals surface area contributed by atoms with Gasteiger partial charge < -0.3 is 10.6 Å². The van der Waals surface area contributed by atoms with Crippen LogP contribution >= 0.6 is 12.2 Å². The maximum absolute atomic E-state index is 12.3. The summed E-state index contributed by atoms with van der Waals surface area (Å²) in [5.74, 6) is 0.0528. The van der Waals surface area contributed by atoms with E-state index in [2.05, 4.69) is 36.7 Å². The van der Waals surface area contributed by atoms with Gasteiger partial charge in [0.15, 0.2) is 5.11 Å². The monoisotopic (exact) mass is 397 g/mol. The van der Waals surface area contributed by atoms with Gasteiger partial charge in [-0.25, -0.2) is 0 Å². The molecule has 2 aromatic rings. The third-order valence-electron chi connectivity index (χ3n) is 4.29. The molecule has 0 aliphatic carbocycles. The molecule has 0 aromatic heterocycles. The first kappa shape index (κ1) is 21.6. The highest BCUT2D eigenvalue weighted by atomic mass is 32.1. The third kappa shape index (κ3) is 6.46. The number of benzene rings is 2. The van der Waals surface area contributed by atoms with Gasteiger partial charge in [0.2, 0.25) is 0 Å². The minimum atomic E-state index is -0.264. The Kier molecular flexibility index (Phi) is 8.14. The number of anilines is 1. The quantitative estimate of drug-likeness (QED) is 0.476. The van der Waals surface area contributed by atoms with Crippen molar-refractivity contribution in [3.8, 4) is 0 Å². The van der Waals surface area contributed by atoms with E-state index >= 15 is 0 Å². The van der Waals surface area contributed by atoms with E-state index in [9.17, 15) is 9.59 Å². The molecule has 0 fully saturated rings. The Morgan fingerprint density at radius 1 is 0.929 bits per heavy atom. The van der Waals surface area contributed by atoms with Gasteiger partial charge in [0.05, 0.1) is 0 Å². The van der Waals surface area contributed by atoms with E-state index in [1.807, 2.05) is 12.1 Å². The summed E-state index contributed by atoms with van der Waals surface area (Å²) in [5, 5.41) is 8.71. The van der Waals surface area contributed by atoms with Gasteiger partial charge in [-0.2, -0.15) is 0 Å².